The van der Waals surface area contributed by atoms with Crippen molar-refractivity contribution in [2.75, 3.05) is 0 Å². The lowest BCUT2D eigenvalue weighted by Gasteiger charge is -1.80. The van der Waals surface area contributed by atoms with Crippen molar-refractivity contribution in [1.82, 2.24) is 9.55 Å². The van der Waals surface area contributed by atoms with Gasteiger partial charge in [0.15, 0.2) is 0 Å². The molecule has 1 rings (SSSR count). The highest BCUT2D eigenvalue weighted by Gasteiger charge is 1.91. The van der Waals surface area contributed by atoms with Gasteiger partial charge in [-0.3, -0.25) is 0 Å². The Morgan fingerprint density at radius 2 is 1.92 bits per heavy atom. The van der Waals surface area contributed by atoms with Crippen LogP contribution in [-0.4, -0.2) is 9.55 Å². The molecule has 0 spiro atoms. The Balaban J connectivity index is 0. The molecular weight excluding hydrogens is 162 g/mol. The molecule has 0 saturated heterocycles. The summed E-state index contributed by atoms with van der Waals surface area (Å²) in [4.78, 5) is 3.95. The summed E-state index contributed by atoms with van der Waals surface area (Å²) in [6, 6.07) is 2.02. The molecule has 0 aliphatic rings. The molecule has 0 bridgehead atoms. The molecule has 0 amide bonds. The molecule has 1 aromatic rings. The number of hydrogen-bond donors (Lipinski definition) is 0. The molecule has 0 aliphatic carbocycles. The van der Waals surface area contributed by atoms with Gasteiger partial charge in [-0.2, -0.15) is 5.26 Å². The fraction of sp³-hybridized carbons (Fsp3) is 0.600. The predicted molar refractivity (Wildman–Crippen MR) is 55.2 cm³/mol. The minimum atomic E-state index is 0.404. The Morgan fingerprint density at radius 3 is 2.23 bits per heavy atom. The van der Waals surface area contributed by atoms with Crippen LogP contribution in [0.25, 0.3) is 0 Å². The molecule has 1 heterocycles. The second-order valence-corrected chi connectivity index (χ2v) is 1.87. The van der Waals surface area contributed by atoms with Crippen molar-refractivity contribution in [3.05, 3.63) is 18.2 Å². The molecule has 0 aliphatic heterocycles. The number of aryl methyl sites for hydroxylation is 1. The van der Waals surface area contributed by atoms with Gasteiger partial charge in [0.05, 0.1) is 24.5 Å². The summed E-state index contributed by atoms with van der Waals surface area (Å²) in [5, 5.41) is 8.23. The van der Waals surface area contributed by atoms with E-state index in [-0.39, 0.29) is 0 Å². The maximum Gasteiger partial charge on any atom is 0.0947 e. The van der Waals surface area contributed by atoms with Gasteiger partial charge in [0.25, 0.3) is 0 Å². The van der Waals surface area contributed by atoms with Crippen molar-refractivity contribution in [3.63, 3.8) is 0 Å². The maximum atomic E-state index is 8.23. The molecule has 0 N–H and O–H groups in total. The topological polar surface area (TPSA) is 41.6 Å². The van der Waals surface area contributed by atoms with Crippen LogP contribution in [0.5, 0.6) is 0 Å². The van der Waals surface area contributed by atoms with E-state index in [1.165, 1.54) is 0 Å². The van der Waals surface area contributed by atoms with E-state index in [2.05, 4.69) is 4.98 Å². The van der Waals surface area contributed by atoms with Crippen LogP contribution in [0.4, 0.5) is 0 Å². The zero-order chi connectivity index (χ0) is 10.7. The molecule has 0 unspecified atom stereocenters. The van der Waals surface area contributed by atoms with E-state index in [1.807, 2.05) is 51.6 Å². The van der Waals surface area contributed by atoms with Gasteiger partial charge in [0.2, 0.25) is 0 Å². The minimum absolute atomic E-state index is 0.404. The van der Waals surface area contributed by atoms with Crippen molar-refractivity contribution in [2.24, 2.45) is 7.05 Å². The number of rotatable bonds is 1. The van der Waals surface area contributed by atoms with Gasteiger partial charge >= 0.3 is 0 Å². The first-order chi connectivity index (χ1) is 6.33. The fourth-order valence-electron chi connectivity index (χ4n) is 0.639. The average Bonchev–Trinajstić information content (AvgIpc) is 2.59. The zero-order valence-electron chi connectivity index (χ0n) is 9.20. The van der Waals surface area contributed by atoms with Gasteiger partial charge < -0.3 is 4.57 Å². The molecule has 1 aromatic heterocycles. The van der Waals surface area contributed by atoms with Gasteiger partial charge in [-0.15, -0.1) is 0 Å². The lowest BCUT2D eigenvalue weighted by Crippen LogP contribution is -1.79. The number of nitriles is 1. The van der Waals surface area contributed by atoms with E-state index in [0.717, 1.165) is 5.69 Å². The van der Waals surface area contributed by atoms with E-state index in [1.54, 1.807) is 6.33 Å². The van der Waals surface area contributed by atoms with Gasteiger partial charge in [-0.1, -0.05) is 27.7 Å². The van der Waals surface area contributed by atoms with Gasteiger partial charge in [0.1, 0.15) is 0 Å². The van der Waals surface area contributed by atoms with Crippen molar-refractivity contribution in [3.8, 4) is 6.07 Å². The number of nitrogens with zero attached hydrogens (tertiary/aromatic N) is 3. The van der Waals surface area contributed by atoms with Crippen molar-refractivity contribution in [1.29, 1.82) is 5.26 Å². The Hall–Kier alpha value is -1.30. The zero-order valence-corrected chi connectivity index (χ0v) is 9.20. The summed E-state index contributed by atoms with van der Waals surface area (Å²) >= 11 is 0. The molecule has 0 atom stereocenters. The molecule has 0 fully saturated rings. The molecule has 3 nitrogen and oxygen atoms in total. The first-order valence-electron chi connectivity index (χ1n) is 4.66. The van der Waals surface area contributed by atoms with Crippen LogP contribution >= 0.6 is 0 Å². The SMILES string of the molecule is CC.CC.Cn1cnc(CC#N)c1. The lowest BCUT2D eigenvalue weighted by molar-refractivity contribution is 0.912. The highest BCUT2D eigenvalue weighted by atomic mass is 15.0. The summed E-state index contributed by atoms with van der Waals surface area (Å²) in [5.41, 5.74) is 0.833. The van der Waals surface area contributed by atoms with Crippen molar-refractivity contribution >= 4 is 0 Å². The third kappa shape index (κ3) is 7.07. The third-order valence-corrected chi connectivity index (χ3v) is 1.02. The number of hydrogen-bond acceptors (Lipinski definition) is 2. The van der Waals surface area contributed by atoms with E-state index in [4.69, 9.17) is 5.26 Å². The monoisotopic (exact) mass is 181 g/mol. The van der Waals surface area contributed by atoms with Gasteiger partial charge in [-0.25, -0.2) is 4.98 Å². The largest absolute Gasteiger partial charge is 0.340 e. The number of imidazole rings is 1. The second-order valence-electron chi connectivity index (χ2n) is 1.87. The van der Waals surface area contributed by atoms with Crippen LogP contribution in [0.15, 0.2) is 12.5 Å². The molecule has 13 heavy (non-hydrogen) atoms. The molecule has 0 saturated carbocycles. The standard InChI is InChI=1S/C6H7N3.2C2H6/c1-9-4-6(2-3-7)8-5-9;2*1-2/h4-5H,2H2,1H3;2*1-2H3. The maximum absolute atomic E-state index is 8.23. The Bertz CT molecular complexity index is 233. The van der Waals surface area contributed by atoms with Crippen molar-refractivity contribution < 1.29 is 0 Å². The summed E-state index contributed by atoms with van der Waals surface area (Å²) in [5.74, 6) is 0. The normalized spacial score (nSPS) is 7.08. The smallest absolute Gasteiger partial charge is 0.0947 e. The minimum Gasteiger partial charge on any atom is -0.340 e. The van der Waals surface area contributed by atoms with E-state index >= 15 is 0 Å². The highest BCUT2D eigenvalue weighted by Crippen LogP contribution is 1.92. The first-order valence-corrected chi connectivity index (χ1v) is 4.66. The Morgan fingerprint density at radius 1 is 1.38 bits per heavy atom. The second kappa shape index (κ2) is 10.7. The molecule has 3 heteroatoms. The summed E-state index contributed by atoms with van der Waals surface area (Å²) in [6.45, 7) is 8.00. The Labute approximate surface area is 81.0 Å². The van der Waals surface area contributed by atoms with Crippen LogP contribution in [-0.2, 0) is 13.5 Å². The van der Waals surface area contributed by atoms with Gasteiger partial charge in [-0.05, 0) is 0 Å². The Kier molecular flexibility index (Phi) is 11.7. The first kappa shape index (κ1) is 14.2. The predicted octanol–water partition coefficient (Wildman–Crippen LogP) is 2.54. The molecule has 0 radical (unpaired) electrons. The lowest BCUT2D eigenvalue weighted by atomic mass is 10.4. The van der Waals surface area contributed by atoms with Gasteiger partial charge in [0, 0.05) is 13.2 Å². The number of aromatic nitrogens is 2. The van der Waals surface area contributed by atoms with E-state index in [0.29, 0.717) is 6.42 Å². The third-order valence-electron chi connectivity index (χ3n) is 1.02. The highest BCUT2D eigenvalue weighted by molar-refractivity contribution is 5.02. The summed E-state index contributed by atoms with van der Waals surface area (Å²) in [7, 11) is 1.88. The fourth-order valence-corrected chi connectivity index (χ4v) is 0.639. The van der Waals surface area contributed by atoms with E-state index in [9.17, 15) is 0 Å². The molecule has 74 valence electrons. The van der Waals surface area contributed by atoms with Crippen LogP contribution < -0.4 is 0 Å². The summed E-state index contributed by atoms with van der Waals surface area (Å²) in [6.07, 6.45) is 3.93. The van der Waals surface area contributed by atoms with Crippen molar-refractivity contribution in [2.45, 2.75) is 34.1 Å². The molecular formula is C10H19N3. The quantitative estimate of drug-likeness (QED) is 0.668. The van der Waals surface area contributed by atoms with Crippen LogP contribution in [0.2, 0.25) is 0 Å². The van der Waals surface area contributed by atoms with Crippen LogP contribution in [0.1, 0.15) is 33.4 Å². The molecule has 0 aromatic carbocycles. The van der Waals surface area contributed by atoms with E-state index < -0.39 is 0 Å². The average molecular weight is 181 g/mol. The van der Waals surface area contributed by atoms with Crippen LogP contribution in [0.3, 0.4) is 0 Å². The summed E-state index contributed by atoms with van der Waals surface area (Å²) < 4.78 is 1.83. The van der Waals surface area contributed by atoms with Crippen LogP contribution in [0, 0.1) is 11.3 Å².